The molecule has 1 aromatic carbocycles. The summed E-state index contributed by atoms with van der Waals surface area (Å²) in [5, 5.41) is 14.4. The molecule has 1 fully saturated rings. The number of thioether (sulfide) groups is 1. The van der Waals surface area contributed by atoms with Crippen molar-refractivity contribution in [1.82, 2.24) is 4.90 Å². The maximum absolute atomic E-state index is 9.78. The third-order valence-electron chi connectivity index (χ3n) is 3.92. The molecule has 1 aromatic heterocycles. The highest BCUT2D eigenvalue weighted by Gasteiger charge is 2.30. The third-order valence-corrected chi connectivity index (χ3v) is 6.99. The van der Waals surface area contributed by atoms with Crippen molar-refractivity contribution in [1.29, 1.82) is 0 Å². The normalized spacial score (nSPS) is 16.5. The van der Waals surface area contributed by atoms with Gasteiger partial charge in [0.05, 0.1) is 17.0 Å². The molecule has 2 heterocycles. The Balaban J connectivity index is 1.72. The molecule has 0 bridgehead atoms. The zero-order chi connectivity index (χ0) is 20.3. The van der Waals surface area contributed by atoms with Gasteiger partial charge in [0.2, 0.25) is 0 Å². The number of thiophene rings is 1. The van der Waals surface area contributed by atoms with E-state index < -0.39 is 5.60 Å². The van der Waals surface area contributed by atoms with Crippen LogP contribution >= 0.6 is 46.9 Å². The number of rotatable bonds is 3. The van der Waals surface area contributed by atoms with E-state index >= 15 is 0 Å². The predicted octanol–water partition coefficient (Wildman–Crippen LogP) is 4.98. The fraction of sp³-hybridized carbons (Fsp3) is 0.350. The highest BCUT2D eigenvalue weighted by molar-refractivity contribution is 7.99. The molecule has 148 valence electrons. The van der Waals surface area contributed by atoms with Gasteiger partial charge in [-0.1, -0.05) is 23.4 Å². The number of anilines is 1. The Labute approximate surface area is 184 Å². The van der Waals surface area contributed by atoms with Gasteiger partial charge in [-0.25, -0.2) is 0 Å². The van der Waals surface area contributed by atoms with Crippen LogP contribution in [0.5, 0.6) is 5.75 Å². The lowest BCUT2D eigenvalue weighted by Gasteiger charge is -2.26. The van der Waals surface area contributed by atoms with Crippen molar-refractivity contribution in [2.45, 2.75) is 24.8 Å². The number of nitrogens with one attached hydrogen (secondary N) is 1. The number of hydrogen-bond donors (Lipinski definition) is 2. The highest BCUT2D eigenvalue weighted by atomic mass is 35.5. The van der Waals surface area contributed by atoms with E-state index in [1.165, 1.54) is 4.88 Å². The molecule has 0 spiro atoms. The molecule has 28 heavy (non-hydrogen) atoms. The van der Waals surface area contributed by atoms with Crippen molar-refractivity contribution in [2.75, 3.05) is 24.7 Å². The molecule has 0 saturated carbocycles. The van der Waals surface area contributed by atoms with E-state index in [0.29, 0.717) is 15.9 Å². The van der Waals surface area contributed by atoms with Crippen molar-refractivity contribution in [3.63, 3.8) is 0 Å². The molecule has 0 aliphatic carbocycles. The minimum absolute atomic E-state index is 0.149. The van der Waals surface area contributed by atoms with Crippen LogP contribution in [0.4, 0.5) is 5.69 Å². The Bertz CT molecular complexity index is 928. The molecular formula is C20H21ClN2O2S3. The summed E-state index contributed by atoms with van der Waals surface area (Å²) >= 11 is 15.3. The average Bonchev–Trinajstić information content (AvgIpc) is 3.28. The van der Waals surface area contributed by atoms with Gasteiger partial charge in [-0.05, 0) is 56.4 Å². The molecular weight excluding hydrogens is 432 g/mol. The van der Waals surface area contributed by atoms with Crippen LogP contribution in [0.3, 0.4) is 0 Å². The summed E-state index contributed by atoms with van der Waals surface area (Å²) in [6, 6.07) is 9.60. The van der Waals surface area contributed by atoms with E-state index in [-0.39, 0.29) is 5.37 Å². The number of methoxy groups -OCH3 is 1. The van der Waals surface area contributed by atoms with E-state index in [1.807, 2.05) is 30.0 Å². The number of thiocarbonyl (C=S) groups is 1. The van der Waals surface area contributed by atoms with Gasteiger partial charge in [0.1, 0.15) is 16.7 Å². The first kappa shape index (κ1) is 21.3. The SMILES string of the molecule is COc1ccc(NC(=S)N2CCSC2c2ccc(C#CC(C)(C)O)s2)cc1Cl. The van der Waals surface area contributed by atoms with Crippen molar-refractivity contribution in [3.05, 3.63) is 45.1 Å². The van der Waals surface area contributed by atoms with Crippen LogP contribution in [0.2, 0.25) is 5.02 Å². The van der Waals surface area contributed by atoms with Gasteiger partial charge >= 0.3 is 0 Å². The first-order chi connectivity index (χ1) is 13.3. The summed E-state index contributed by atoms with van der Waals surface area (Å²) in [7, 11) is 1.59. The molecule has 0 radical (unpaired) electrons. The Morgan fingerprint density at radius 2 is 2.18 bits per heavy atom. The van der Waals surface area contributed by atoms with Gasteiger partial charge in [0.15, 0.2) is 5.11 Å². The molecule has 0 amide bonds. The van der Waals surface area contributed by atoms with Crippen LogP contribution < -0.4 is 10.1 Å². The minimum Gasteiger partial charge on any atom is -0.495 e. The van der Waals surface area contributed by atoms with E-state index in [4.69, 9.17) is 28.6 Å². The molecule has 1 atom stereocenters. The van der Waals surface area contributed by atoms with Crippen LogP contribution in [-0.2, 0) is 0 Å². The van der Waals surface area contributed by atoms with Crippen LogP contribution in [-0.4, -0.2) is 40.1 Å². The van der Waals surface area contributed by atoms with E-state index in [9.17, 15) is 5.11 Å². The zero-order valence-electron chi connectivity index (χ0n) is 15.8. The molecule has 1 saturated heterocycles. The fourth-order valence-corrected chi connectivity index (χ4v) is 5.62. The lowest BCUT2D eigenvalue weighted by Crippen LogP contribution is -2.33. The molecule has 3 rings (SSSR count). The largest absolute Gasteiger partial charge is 0.495 e. The first-order valence-corrected chi connectivity index (χ1v) is 11.3. The van der Waals surface area contributed by atoms with Crippen LogP contribution in [0.25, 0.3) is 0 Å². The Kier molecular flexibility index (Phi) is 6.79. The maximum Gasteiger partial charge on any atom is 0.174 e. The topological polar surface area (TPSA) is 44.7 Å². The second kappa shape index (κ2) is 8.93. The van der Waals surface area contributed by atoms with Crippen molar-refractivity contribution < 1.29 is 9.84 Å². The van der Waals surface area contributed by atoms with E-state index in [1.54, 1.807) is 38.4 Å². The first-order valence-electron chi connectivity index (χ1n) is 8.65. The molecule has 8 heteroatoms. The second-order valence-electron chi connectivity index (χ2n) is 6.71. The Morgan fingerprint density at radius 3 is 2.86 bits per heavy atom. The zero-order valence-corrected chi connectivity index (χ0v) is 19.0. The van der Waals surface area contributed by atoms with Crippen molar-refractivity contribution in [3.8, 4) is 17.6 Å². The minimum atomic E-state index is -0.997. The van der Waals surface area contributed by atoms with Gasteiger partial charge in [-0.3, -0.25) is 0 Å². The molecule has 2 N–H and O–H groups in total. The molecule has 4 nitrogen and oxygen atoms in total. The molecule has 2 aromatic rings. The molecule has 1 aliphatic rings. The maximum atomic E-state index is 9.78. The van der Waals surface area contributed by atoms with Gasteiger partial charge in [0.25, 0.3) is 0 Å². The number of hydrogen-bond acceptors (Lipinski definition) is 5. The van der Waals surface area contributed by atoms with E-state index in [0.717, 1.165) is 22.9 Å². The van der Waals surface area contributed by atoms with Gasteiger partial charge in [-0.15, -0.1) is 23.1 Å². The number of benzene rings is 1. The monoisotopic (exact) mass is 452 g/mol. The van der Waals surface area contributed by atoms with Gasteiger partial charge in [0, 0.05) is 22.9 Å². The van der Waals surface area contributed by atoms with Crippen LogP contribution in [0.15, 0.2) is 30.3 Å². The highest BCUT2D eigenvalue weighted by Crippen LogP contribution is 2.41. The summed E-state index contributed by atoms with van der Waals surface area (Å²) in [6.45, 7) is 4.23. The van der Waals surface area contributed by atoms with Crippen molar-refractivity contribution in [2.24, 2.45) is 0 Å². The summed E-state index contributed by atoms with van der Waals surface area (Å²) in [5.74, 6) is 7.53. The molecule has 1 unspecified atom stereocenters. The second-order valence-corrected chi connectivity index (χ2v) is 9.80. The number of nitrogens with zero attached hydrogens (tertiary/aromatic N) is 1. The Hall–Kier alpha value is -1.43. The van der Waals surface area contributed by atoms with E-state index in [2.05, 4.69) is 28.1 Å². The van der Waals surface area contributed by atoms with Crippen molar-refractivity contribution >= 4 is 57.7 Å². The van der Waals surface area contributed by atoms with Gasteiger partial charge in [-0.2, -0.15) is 0 Å². The summed E-state index contributed by atoms with van der Waals surface area (Å²) in [6.07, 6.45) is 0. The summed E-state index contributed by atoms with van der Waals surface area (Å²) in [4.78, 5) is 4.31. The van der Waals surface area contributed by atoms with Crippen LogP contribution in [0.1, 0.15) is 29.0 Å². The predicted molar refractivity (Wildman–Crippen MR) is 124 cm³/mol. The van der Waals surface area contributed by atoms with Crippen LogP contribution in [0, 0.1) is 11.8 Å². The average molecular weight is 453 g/mol. The lowest BCUT2D eigenvalue weighted by atomic mass is 10.1. The molecule has 1 aliphatic heterocycles. The fourth-order valence-electron chi connectivity index (χ4n) is 2.62. The summed E-state index contributed by atoms with van der Waals surface area (Å²) < 4.78 is 5.19. The lowest BCUT2D eigenvalue weighted by molar-refractivity contribution is 0.143. The Morgan fingerprint density at radius 1 is 1.39 bits per heavy atom. The standard InChI is InChI=1S/C20H21ClN2O2S3/c1-20(2,24)9-8-14-5-7-17(28-14)18-23(10-11-27-18)19(26)22-13-4-6-16(25-3)15(21)12-13/h4-7,12,18,24H,10-11H2,1-3H3,(H,22,26). The summed E-state index contributed by atoms with van der Waals surface area (Å²) in [5.41, 5.74) is -0.168. The smallest absolute Gasteiger partial charge is 0.174 e. The van der Waals surface area contributed by atoms with Gasteiger partial charge < -0.3 is 20.1 Å². The number of aliphatic hydroxyl groups is 1. The third kappa shape index (κ3) is 5.34. The number of ether oxygens (including phenoxy) is 1. The number of halogens is 1. The quantitative estimate of drug-likeness (QED) is 0.506.